The molecule has 1 aliphatic rings. The van der Waals surface area contributed by atoms with Gasteiger partial charge in [-0.3, -0.25) is 4.79 Å². The molecule has 1 saturated heterocycles. The fraction of sp³-hybridized carbons (Fsp3) is 0.316. The topological polar surface area (TPSA) is 62.4 Å². The van der Waals surface area contributed by atoms with E-state index >= 15 is 0 Å². The van der Waals surface area contributed by atoms with Gasteiger partial charge in [-0.05, 0) is 61.2 Å². The fourth-order valence-corrected chi connectivity index (χ4v) is 3.06. The van der Waals surface area contributed by atoms with Gasteiger partial charge in [-0.25, -0.2) is 10.9 Å². The zero-order chi connectivity index (χ0) is 17.1. The van der Waals surface area contributed by atoms with E-state index in [1.807, 2.05) is 50.2 Å². The first-order chi connectivity index (χ1) is 11.5. The van der Waals surface area contributed by atoms with E-state index in [-0.39, 0.29) is 18.0 Å². The van der Waals surface area contributed by atoms with Crippen LogP contribution in [0.2, 0.25) is 0 Å². The highest BCUT2D eigenvalue weighted by molar-refractivity contribution is 5.95. The van der Waals surface area contributed by atoms with Crippen LogP contribution in [0.1, 0.15) is 29.2 Å². The molecule has 5 heteroatoms. The molecule has 24 heavy (non-hydrogen) atoms. The van der Waals surface area contributed by atoms with Gasteiger partial charge in [0.05, 0.1) is 7.11 Å². The molecule has 2 unspecified atom stereocenters. The van der Waals surface area contributed by atoms with Crippen LogP contribution in [0.5, 0.6) is 5.75 Å². The first kappa shape index (κ1) is 16.5. The minimum Gasteiger partial charge on any atom is -0.497 e. The normalized spacial score (nSPS) is 20.0. The van der Waals surface area contributed by atoms with Gasteiger partial charge >= 0.3 is 0 Å². The molecule has 126 valence electrons. The van der Waals surface area contributed by atoms with Gasteiger partial charge in [0, 0.05) is 11.7 Å². The molecule has 2 aromatic rings. The number of rotatable bonds is 4. The van der Waals surface area contributed by atoms with Gasteiger partial charge in [-0.1, -0.05) is 18.2 Å². The van der Waals surface area contributed by atoms with E-state index in [2.05, 4.69) is 22.2 Å². The maximum absolute atomic E-state index is 12.5. The number of carbonyl (C=O) groups excluding carboxylic acids is 1. The molecular formula is C19H23N3O2. The first-order valence-electron chi connectivity index (χ1n) is 8.09. The number of aryl methyl sites for hydroxylation is 2. The number of amides is 1. The molecule has 0 saturated carbocycles. The quantitative estimate of drug-likeness (QED) is 0.809. The fourth-order valence-electron chi connectivity index (χ4n) is 3.06. The van der Waals surface area contributed by atoms with E-state index in [0.29, 0.717) is 6.42 Å². The molecule has 0 radical (unpaired) electrons. The smallest absolute Gasteiger partial charge is 0.242 e. The van der Waals surface area contributed by atoms with Crippen LogP contribution in [0.15, 0.2) is 42.5 Å². The molecular weight excluding hydrogens is 302 g/mol. The van der Waals surface area contributed by atoms with Gasteiger partial charge in [0.25, 0.3) is 0 Å². The molecule has 1 aliphatic heterocycles. The lowest BCUT2D eigenvalue weighted by molar-refractivity contribution is -0.117. The second kappa shape index (κ2) is 7.03. The highest BCUT2D eigenvalue weighted by atomic mass is 16.5. The lowest BCUT2D eigenvalue weighted by atomic mass is 10.0. The van der Waals surface area contributed by atoms with Crippen LogP contribution >= 0.6 is 0 Å². The summed E-state index contributed by atoms with van der Waals surface area (Å²) in [5.74, 6) is 0.803. The Bertz CT molecular complexity index is 708. The summed E-state index contributed by atoms with van der Waals surface area (Å²) in [7, 11) is 1.65. The van der Waals surface area contributed by atoms with Gasteiger partial charge in [0.15, 0.2) is 0 Å². The number of carbonyl (C=O) groups is 1. The van der Waals surface area contributed by atoms with Crippen molar-refractivity contribution in [1.29, 1.82) is 0 Å². The molecule has 1 fully saturated rings. The molecule has 3 N–H and O–H groups in total. The Morgan fingerprint density at radius 3 is 2.38 bits per heavy atom. The second-order valence-electron chi connectivity index (χ2n) is 6.27. The number of methoxy groups -OCH3 is 1. The average Bonchev–Trinajstić information content (AvgIpc) is 3.04. The van der Waals surface area contributed by atoms with E-state index in [1.165, 1.54) is 0 Å². The molecule has 2 aromatic carbocycles. The molecule has 0 bridgehead atoms. The highest BCUT2D eigenvalue weighted by Crippen LogP contribution is 2.25. The summed E-state index contributed by atoms with van der Waals surface area (Å²) in [6, 6.07) is 13.8. The van der Waals surface area contributed by atoms with Gasteiger partial charge in [-0.2, -0.15) is 0 Å². The Morgan fingerprint density at radius 2 is 1.75 bits per heavy atom. The summed E-state index contributed by atoms with van der Waals surface area (Å²) in [4.78, 5) is 12.5. The van der Waals surface area contributed by atoms with E-state index in [9.17, 15) is 4.79 Å². The number of ether oxygens (including phenoxy) is 1. The summed E-state index contributed by atoms with van der Waals surface area (Å²) in [6.45, 7) is 4.05. The predicted molar refractivity (Wildman–Crippen MR) is 95.0 cm³/mol. The van der Waals surface area contributed by atoms with E-state index in [4.69, 9.17) is 4.74 Å². The first-order valence-corrected chi connectivity index (χ1v) is 8.09. The van der Waals surface area contributed by atoms with Crippen LogP contribution < -0.4 is 20.9 Å². The van der Waals surface area contributed by atoms with Crippen molar-refractivity contribution < 1.29 is 9.53 Å². The van der Waals surface area contributed by atoms with Gasteiger partial charge < -0.3 is 10.1 Å². The maximum Gasteiger partial charge on any atom is 0.242 e. The number of benzene rings is 2. The Hall–Kier alpha value is -2.37. The van der Waals surface area contributed by atoms with Gasteiger partial charge in [0.1, 0.15) is 11.8 Å². The van der Waals surface area contributed by atoms with Crippen LogP contribution in [0.3, 0.4) is 0 Å². The van der Waals surface area contributed by atoms with Crippen LogP contribution in [0.25, 0.3) is 0 Å². The van der Waals surface area contributed by atoms with Crippen molar-refractivity contribution in [3.8, 4) is 5.75 Å². The van der Waals surface area contributed by atoms with Crippen LogP contribution in [-0.4, -0.2) is 19.1 Å². The summed E-state index contributed by atoms with van der Waals surface area (Å²) < 4.78 is 5.18. The van der Waals surface area contributed by atoms with Crippen molar-refractivity contribution >= 4 is 11.6 Å². The average molecular weight is 325 g/mol. The van der Waals surface area contributed by atoms with E-state index < -0.39 is 0 Å². The molecule has 3 rings (SSSR count). The third kappa shape index (κ3) is 3.75. The van der Waals surface area contributed by atoms with Crippen LogP contribution in [-0.2, 0) is 4.79 Å². The zero-order valence-electron chi connectivity index (χ0n) is 14.2. The predicted octanol–water partition coefficient (Wildman–Crippen LogP) is 2.86. The van der Waals surface area contributed by atoms with E-state index in [1.54, 1.807) is 7.11 Å². The van der Waals surface area contributed by atoms with Gasteiger partial charge in [0.2, 0.25) is 5.91 Å². The van der Waals surface area contributed by atoms with Crippen LogP contribution in [0, 0.1) is 13.8 Å². The summed E-state index contributed by atoms with van der Waals surface area (Å²) in [5, 5.41) is 2.99. The van der Waals surface area contributed by atoms with Crippen molar-refractivity contribution in [1.82, 2.24) is 10.9 Å². The molecule has 1 heterocycles. The molecule has 0 aliphatic carbocycles. The molecule has 1 amide bonds. The van der Waals surface area contributed by atoms with Crippen LogP contribution in [0.4, 0.5) is 5.69 Å². The standard InChI is InChI=1S/C19H23N3O2/c1-12-8-13(2)10-15(9-12)20-19(23)18-11-17(21-22-18)14-4-6-16(24-3)7-5-14/h4-10,17-18,21-22H,11H2,1-3H3,(H,20,23). The Labute approximate surface area is 142 Å². The van der Waals surface area contributed by atoms with Crippen molar-refractivity contribution in [3.05, 3.63) is 59.2 Å². The Kier molecular flexibility index (Phi) is 4.83. The van der Waals surface area contributed by atoms with Gasteiger partial charge in [-0.15, -0.1) is 0 Å². The number of nitrogens with one attached hydrogen (secondary N) is 3. The third-order valence-electron chi connectivity index (χ3n) is 4.23. The highest BCUT2D eigenvalue weighted by Gasteiger charge is 2.30. The number of hydrogen-bond donors (Lipinski definition) is 3. The number of hydrogen-bond acceptors (Lipinski definition) is 4. The van der Waals surface area contributed by atoms with E-state index in [0.717, 1.165) is 28.1 Å². The molecule has 5 nitrogen and oxygen atoms in total. The summed E-state index contributed by atoms with van der Waals surface area (Å²) >= 11 is 0. The SMILES string of the molecule is COc1ccc(C2CC(C(=O)Nc3cc(C)cc(C)c3)NN2)cc1. The van der Waals surface area contributed by atoms with Crippen molar-refractivity contribution in [3.63, 3.8) is 0 Å². The minimum atomic E-state index is -0.266. The third-order valence-corrected chi connectivity index (χ3v) is 4.23. The monoisotopic (exact) mass is 325 g/mol. The maximum atomic E-state index is 12.5. The zero-order valence-corrected chi connectivity index (χ0v) is 14.2. The van der Waals surface area contributed by atoms with Crippen molar-refractivity contribution in [2.45, 2.75) is 32.4 Å². The largest absolute Gasteiger partial charge is 0.497 e. The summed E-state index contributed by atoms with van der Waals surface area (Å²) in [5.41, 5.74) is 10.5. The molecule has 2 atom stereocenters. The minimum absolute atomic E-state index is 0.0245. The van der Waals surface area contributed by atoms with Crippen molar-refractivity contribution in [2.75, 3.05) is 12.4 Å². The molecule has 0 spiro atoms. The second-order valence-corrected chi connectivity index (χ2v) is 6.27. The Morgan fingerprint density at radius 1 is 1.08 bits per heavy atom. The number of hydrazine groups is 1. The molecule has 0 aromatic heterocycles. The Balaban J connectivity index is 1.62. The van der Waals surface area contributed by atoms with Crippen molar-refractivity contribution in [2.24, 2.45) is 0 Å². The number of anilines is 1. The summed E-state index contributed by atoms with van der Waals surface area (Å²) in [6.07, 6.45) is 0.697. The lowest BCUT2D eigenvalue weighted by Crippen LogP contribution is -2.39. The lowest BCUT2D eigenvalue weighted by Gasteiger charge is -2.12.